The van der Waals surface area contributed by atoms with Crippen LogP contribution in [0.4, 0.5) is 8.78 Å². The van der Waals surface area contributed by atoms with Crippen molar-refractivity contribution in [2.75, 3.05) is 0 Å². The molecule has 2 atom stereocenters. The summed E-state index contributed by atoms with van der Waals surface area (Å²) in [5.74, 6) is 1.36. The molecule has 1 N–H and O–H groups in total. The molecule has 4 rings (SSSR count). The zero-order valence-corrected chi connectivity index (χ0v) is 21.9. The average molecular weight is 566 g/mol. The Morgan fingerprint density at radius 2 is 1.64 bits per heavy atom. The first-order valence-corrected chi connectivity index (χ1v) is 12.9. The molecule has 2 nitrogen and oxygen atoms in total. The highest BCUT2D eigenvalue weighted by molar-refractivity contribution is 14.1. The van der Waals surface area contributed by atoms with Crippen molar-refractivity contribution in [3.05, 3.63) is 80.9 Å². The minimum atomic E-state index is -3.50. The molecule has 0 amide bonds. The summed E-state index contributed by atoms with van der Waals surface area (Å²) in [6.45, 7) is 8.13. The van der Waals surface area contributed by atoms with E-state index in [0.29, 0.717) is 5.92 Å². The van der Waals surface area contributed by atoms with E-state index in [-0.39, 0.29) is 23.0 Å². The van der Waals surface area contributed by atoms with Crippen molar-refractivity contribution in [3.8, 4) is 0 Å². The number of hydrogen-bond donors (Lipinski definition) is 1. The molecule has 0 aromatic rings. The lowest BCUT2D eigenvalue weighted by molar-refractivity contribution is -0.177. The molecule has 0 spiro atoms. The van der Waals surface area contributed by atoms with Gasteiger partial charge in [0.2, 0.25) is 0 Å². The quantitative estimate of drug-likeness (QED) is 0.338. The summed E-state index contributed by atoms with van der Waals surface area (Å²) in [5.41, 5.74) is -0.117. The van der Waals surface area contributed by atoms with E-state index in [1.165, 1.54) is 31.1 Å². The first-order valence-electron chi connectivity index (χ1n) is 11.8. The summed E-state index contributed by atoms with van der Waals surface area (Å²) in [5, 5.41) is 10.2. The van der Waals surface area contributed by atoms with Crippen LogP contribution >= 0.6 is 22.6 Å². The number of aliphatic hydroxyl groups excluding tert-OH is 1. The molecule has 0 saturated heterocycles. The Morgan fingerprint density at radius 3 is 2.27 bits per heavy atom. The number of ether oxygens (including phenoxy) is 1. The van der Waals surface area contributed by atoms with E-state index in [9.17, 15) is 5.11 Å². The van der Waals surface area contributed by atoms with Crippen LogP contribution in [-0.4, -0.2) is 11.2 Å². The van der Waals surface area contributed by atoms with Gasteiger partial charge in [-0.15, -0.1) is 0 Å². The highest BCUT2D eigenvalue weighted by Gasteiger charge is 2.43. The molecule has 33 heavy (non-hydrogen) atoms. The fourth-order valence-electron chi connectivity index (χ4n) is 5.15. The van der Waals surface area contributed by atoms with Gasteiger partial charge in [0.05, 0.1) is 5.57 Å². The Bertz CT molecular complexity index is 1020. The minimum absolute atomic E-state index is 0.0468. The largest absolute Gasteiger partial charge is 0.508 e. The number of rotatable bonds is 5. The number of hydrogen-bond acceptors (Lipinski definition) is 2. The Morgan fingerprint density at radius 1 is 0.970 bits per heavy atom. The molecule has 0 radical (unpaired) electrons. The Hall–Kier alpha value is -1.63. The van der Waals surface area contributed by atoms with Crippen molar-refractivity contribution in [2.24, 2.45) is 28.6 Å². The van der Waals surface area contributed by atoms with Gasteiger partial charge in [-0.3, -0.25) is 0 Å². The summed E-state index contributed by atoms with van der Waals surface area (Å²) in [7, 11) is 0. The maximum absolute atomic E-state index is 15.5. The van der Waals surface area contributed by atoms with E-state index in [0.717, 1.165) is 27.9 Å². The SMILES string of the molecule is CC1CCC(C2=CC(C)(C)C=C(C(F)(F)OC3=CC(C)(C4C=C4I)C=C(O)C=C3)C=C2)CC1. The van der Waals surface area contributed by atoms with Gasteiger partial charge in [-0.2, -0.15) is 8.78 Å². The Kier molecular flexibility index (Phi) is 6.58. The third-order valence-corrected chi connectivity index (χ3v) is 8.14. The molecule has 4 aliphatic rings. The second kappa shape index (κ2) is 8.86. The number of halogens is 3. The van der Waals surface area contributed by atoms with Crippen molar-refractivity contribution in [1.82, 2.24) is 0 Å². The normalized spacial score (nSPS) is 33.7. The summed E-state index contributed by atoms with van der Waals surface area (Å²) < 4.78 is 37.4. The predicted molar refractivity (Wildman–Crippen MR) is 138 cm³/mol. The minimum Gasteiger partial charge on any atom is -0.508 e. The van der Waals surface area contributed by atoms with E-state index in [1.54, 1.807) is 18.2 Å². The lowest BCUT2D eigenvalue weighted by atomic mass is 9.77. The Balaban J connectivity index is 1.56. The van der Waals surface area contributed by atoms with Crippen LogP contribution < -0.4 is 0 Å². The van der Waals surface area contributed by atoms with Gasteiger partial charge in [0.1, 0.15) is 11.5 Å². The molecule has 1 fully saturated rings. The molecule has 1 saturated carbocycles. The van der Waals surface area contributed by atoms with Gasteiger partial charge in [0.15, 0.2) is 0 Å². The van der Waals surface area contributed by atoms with Gasteiger partial charge < -0.3 is 9.84 Å². The smallest absolute Gasteiger partial charge is 0.426 e. The fraction of sp³-hybridized carbons (Fsp3) is 0.500. The predicted octanol–water partition coefficient (Wildman–Crippen LogP) is 8.72. The van der Waals surface area contributed by atoms with Crippen molar-refractivity contribution < 1.29 is 18.6 Å². The van der Waals surface area contributed by atoms with E-state index in [4.69, 9.17) is 4.74 Å². The summed E-state index contributed by atoms with van der Waals surface area (Å²) in [6, 6.07) is 0. The van der Waals surface area contributed by atoms with Crippen LogP contribution in [-0.2, 0) is 4.74 Å². The van der Waals surface area contributed by atoms with Crippen LogP contribution in [0.15, 0.2) is 80.9 Å². The molecule has 4 aliphatic carbocycles. The molecule has 178 valence electrons. The zero-order chi connectivity index (χ0) is 24.0. The van der Waals surface area contributed by atoms with Crippen molar-refractivity contribution in [2.45, 2.75) is 59.5 Å². The molecular formula is C28H33F2IO2. The summed E-state index contributed by atoms with van der Waals surface area (Å²) >= 11 is 2.24. The summed E-state index contributed by atoms with van der Waals surface area (Å²) in [6.07, 6.45) is 16.5. The topological polar surface area (TPSA) is 29.5 Å². The highest BCUT2D eigenvalue weighted by atomic mass is 127. The van der Waals surface area contributed by atoms with Gasteiger partial charge in [0, 0.05) is 16.7 Å². The highest BCUT2D eigenvalue weighted by Crippen LogP contribution is 2.51. The van der Waals surface area contributed by atoms with E-state index < -0.39 is 16.9 Å². The molecular weight excluding hydrogens is 533 g/mol. The molecule has 5 heteroatoms. The maximum atomic E-state index is 15.5. The summed E-state index contributed by atoms with van der Waals surface area (Å²) in [4.78, 5) is 0. The maximum Gasteiger partial charge on any atom is 0.426 e. The van der Waals surface area contributed by atoms with E-state index in [2.05, 4.69) is 41.7 Å². The molecule has 0 aromatic heterocycles. The monoisotopic (exact) mass is 566 g/mol. The van der Waals surface area contributed by atoms with Crippen LogP contribution in [0.3, 0.4) is 0 Å². The zero-order valence-electron chi connectivity index (χ0n) is 19.7. The van der Waals surface area contributed by atoms with Gasteiger partial charge >= 0.3 is 6.11 Å². The van der Waals surface area contributed by atoms with Crippen molar-refractivity contribution in [3.63, 3.8) is 0 Å². The molecule has 0 heterocycles. The lowest BCUT2D eigenvalue weighted by Crippen LogP contribution is -2.25. The van der Waals surface area contributed by atoms with E-state index in [1.807, 2.05) is 26.8 Å². The second-order valence-corrected chi connectivity index (χ2v) is 12.1. The fourth-order valence-corrected chi connectivity index (χ4v) is 6.18. The first-order chi connectivity index (χ1) is 15.4. The average Bonchev–Trinajstić information content (AvgIpc) is 3.49. The standard InChI is InChI=1S/C28H33F2IO2/c1-18-5-7-19(8-6-18)20-9-10-21(15-26(2,3)14-20)28(29,30)33-23-12-11-22(32)16-27(4,17-23)24-13-25(24)31/h9-19,24,32H,5-8H2,1-4H3. The second-order valence-electron chi connectivity index (χ2n) is 10.8. The third-order valence-electron chi connectivity index (χ3n) is 7.11. The van der Waals surface area contributed by atoms with Gasteiger partial charge in [-0.05, 0) is 86.8 Å². The van der Waals surface area contributed by atoms with Gasteiger partial charge in [0.25, 0.3) is 0 Å². The molecule has 2 unspecified atom stereocenters. The van der Waals surface area contributed by atoms with Crippen LogP contribution in [0.5, 0.6) is 0 Å². The van der Waals surface area contributed by atoms with Gasteiger partial charge in [-0.1, -0.05) is 64.8 Å². The lowest BCUT2D eigenvalue weighted by Gasteiger charge is -2.28. The first kappa shape index (κ1) is 24.5. The van der Waals surface area contributed by atoms with Crippen LogP contribution in [0.1, 0.15) is 53.4 Å². The van der Waals surface area contributed by atoms with Crippen molar-refractivity contribution >= 4 is 22.6 Å². The van der Waals surface area contributed by atoms with Crippen LogP contribution in [0, 0.1) is 28.6 Å². The van der Waals surface area contributed by atoms with Crippen molar-refractivity contribution in [1.29, 1.82) is 0 Å². The van der Waals surface area contributed by atoms with E-state index >= 15 is 8.78 Å². The van der Waals surface area contributed by atoms with Crippen LogP contribution in [0.2, 0.25) is 0 Å². The third kappa shape index (κ3) is 5.72. The molecule has 0 bridgehead atoms. The number of aliphatic hydroxyl groups is 1. The van der Waals surface area contributed by atoms with Gasteiger partial charge in [-0.25, -0.2) is 0 Å². The Labute approximate surface area is 209 Å². The molecule has 0 aromatic carbocycles. The number of allylic oxidation sites excluding steroid dienone is 10. The van der Waals surface area contributed by atoms with Crippen LogP contribution in [0.25, 0.3) is 0 Å². The molecule has 0 aliphatic heterocycles. The number of alkyl halides is 2.